The fraction of sp³-hybridized carbons (Fsp3) is 0.219. The molecule has 0 radical (unpaired) electrons. The Kier molecular flexibility index (Phi) is 8.76. The lowest BCUT2D eigenvalue weighted by Gasteiger charge is -2.36. The largest absolute Gasteiger partial charge is 0.445 e. The monoisotopic (exact) mass is 512 g/mol. The summed E-state index contributed by atoms with van der Waals surface area (Å²) in [5.41, 5.74) is 0.559. The van der Waals surface area contributed by atoms with Gasteiger partial charge in [-0.05, 0) is 62.7 Å². The van der Waals surface area contributed by atoms with Crippen LogP contribution in [0, 0.1) is 0 Å². The van der Waals surface area contributed by atoms with E-state index in [1.807, 2.05) is 69.3 Å². The molecule has 0 aliphatic heterocycles. The van der Waals surface area contributed by atoms with Crippen molar-refractivity contribution in [3.05, 3.63) is 127 Å². The molecule has 37 heavy (non-hydrogen) atoms. The molecule has 0 bridgehead atoms. The Morgan fingerprint density at radius 1 is 0.703 bits per heavy atom. The first-order valence-corrected chi connectivity index (χ1v) is 14.4. The van der Waals surface area contributed by atoms with Gasteiger partial charge in [0.2, 0.25) is 0 Å². The Morgan fingerprint density at radius 3 is 1.51 bits per heavy atom. The highest BCUT2D eigenvalue weighted by Gasteiger charge is 2.54. The summed E-state index contributed by atoms with van der Waals surface area (Å²) < 4.78 is 12.1. The second-order valence-corrected chi connectivity index (χ2v) is 13.5. The van der Waals surface area contributed by atoms with E-state index < -0.39 is 13.4 Å². The zero-order valence-electron chi connectivity index (χ0n) is 21.7. The van der Waals surface area contributed by atoms with Gasteiger partial charge in [0.1, 0.15) is 36.4 Å². The minimum absolute atomic E-state index is 0.201. The van der Waals surface area contributed by atoms with Gasteiger partial charge < -0.3 is 9.47 Å². The zero-order valence-corrected chi connectivity index (χ0v) is 22.6. The molecule has 0 saturated carbocycles. The van der Waals surface area contributed by atoms with E-state index in [-0.39, 0.29) is 18.0 Å². The number of carbonyl (C=O) groups excluding carboxylic acids is 1. The third kappa shape index (κ3) is 6.65. The number of alkyl carbamates (subject to hydrolysis) is 1. The lowest BCUT2D eigenvalue weighted by molar-refractivity contribution is -0.00544. The van der Waals surface area contributed by atoms with Crippen LogP contribution in [-0.4, -0.2) is 24.1 Å². The quantitative estimate of drug-likeness (QED) is 0.278. The van der Waals surface area contributed by atoms with E-state index in [1.165, 1.54) is 15.9 Å². The van der Waals surface area contributed by atoms with E-state index >= 15 is 0 Å². The summed E-state index contributed by atoms with van der Waals surface area (Å²) in [5.74, 6) is -0.359. The van der Waals surface area contributed by atoms with Gasteiger partial charge in [-0.15, -0.1) is 0 Å². The second-order valence-electron chi connectivity index (χ2n) is 9.87. The van der Waals surface area contributed by atoms with Crippen LogP contribution in [0.2, 0.25) is 0 Å². The first-order chi connectivity index (χ1) is 17.9. The van der Waals surface area contributed by atoms with E-state index in [2.05, 4.69) is 78.1 Å². The topological polar surface area (TPSA) is 47.6 Å². The van der Waals surface area contributed by atoms with E-state index in [9.17, 15) is 4.79 Å². The zero-order chi connectivity index (χ0) is 26.1. The molecule has 0 aliphatic rings. The molecule has 4 nitrogen and oxygen atoms in total. The number of amides is 1. The molecule has 5 heteroatoms. The number of benzene rings is 4. The van der Waals surface area contributed by atoms with Crippen LogP contribution in [0.15, 0.2) is 121 Å². The third-order valence-electron chi connectivity index (χ3n) is 6.13. The summed E-state index contributed by atoms with van der Waals surface area (Å²) in [6, 6.07) is 41.1. The van der Waals surface area contributed by atoms with Crippen molar-refractivity contribution >= 4 is 29.3 Å². The standard InChI is InChI=1S/C32H34NO3P/c1-32(2,3)36-25-30(33-31(34)35-24-26-16-8-4-9-17-26)37(27-18-10-5-11-19-27,28-20-12-6-13-21-28)29-22-14-7-15-23-29/h4-23,30H,24-25H2,1-3H3/p+1/t30-/m0/s1. The van der Waals surface area contributed by atoms with E-state index in [1.54, 1.807) is 0 Å². The number of carbonyl (C=O) groups is 1. The van der Waals surface area contributed by atoms with Crippen LogP contribution in [0.5, 0.6) is 0 Å². The van der Waals surface area contributed by atoms with Crippen molar-refractivity contribution in [1.29, 1.82) is 0 Å². The van der Waals surface area contributed by atoms with E-state index in [4.69, 9.17) is 9.47 Å². The van der Waals surface area contributed by atoms with Gasteiger partial charge in [0.05, 0.1) is 5.60 Å². The number of ether oxygens (including phenoxy) is 2. The predicted molar refractivity (Wildman–Crippen MR) is 154 cm³/mol. The molecule has 1 N–H and O–H groups in total. The maximum Gasteiger partial charge on any atom is 0.410 e. The molecule has 1 atom stereocenters. The number of hydrogen-bond donors (Lipinski definition) is 1. The second kappa shape index (κ2) is 12.2. The van der Waals surface area contributed by atoms with Crippen molar-refractivity contribution in [2.24, 2.45) is 0 Å². The summed E-state index contributed by atoms with van der Waals surface area (Å²) in [7, 11) is -2.44. The number of nitrogens with one attached hydrogen (secondary N) is 1. The Labute approximate surface area is 221 Å². The molecular weight excluding hydrogens is 477 g/mol. The van der Waals surface area contributed by atoms with Crippen molar-refractivity contribution in [1.82, 2.24) is 5.32 Å². The SMILES string of the molecule is CC(C)(C)OC[C@@H](NC(=O)OCc1ccccc1)[P+](c1ccccc1)(c1ccccc1)c1ccccc1. The molecule has 0 saturated heterocycles. The fourth-order valence-electron chi connectivity index (χ4n) is 4.46. The molecule has 0 unspecified atom stereocenters. The van der Waals surface area contributed by atoms with Crippen LogP contribution in [0.1, 0.15) is 26.3 Å². The summed E-state index contributed by atoms with van der Waals surface area (Å²) in [6.07, 6.45) is -0.460. The molecule has 0 spiro atoms. The molecule has 1 amide bonds. The molecule has 0 aliphatic carbocycles. The van der Waals surface area contributed by atoms with Crippen LogP contribution in [0.4, 0.5) is 4.79 Å². The molecule has 4 rings (SSSR count). The summed E-state index contributed by atoms with van der Waals surface area (Å²) in [4.78, 5) is 13.3. The fourth-order valence-corrected chi connectivity index (χ4v) is 8.96. The van der Waals surface area contributed by atoms with E-state index in [0.717, 1.165) is 5.56 Å². The van der Waals surface area contributed by atoms with Gasteiger partial charge in [-0.25, -0.2) is 4.79 Å². The Morgan fingerprint density at radius 2 is 1.11 bits per heavy atom. The molecular formula is C32H35NO3P+. The van der Waals surface area contributed by atoms with Crippen LogP contribution in [-0.2, 0) is 16.1 Å². The van der Waals surface area contributed by atoms with Gasteiger partial charge in [0.25, 0.3) is 0 Å². The lowest BCUT2D eigenvalue weighted by atomic mass is 10.2. The molecule has 190 valence electrons. The highest BCUT2D eigenvalue weighted by molar-refractivity contribution is 7.96. The van der Waals surface area contributed by atoms with Gasteiger partial charge in [0.15, 0.2) is 5.78 Å². The number of rotatable bonds is 9. The van der Waals surface area contributed by atoms with Gasteiger partial charge in [-0.1, -0.05) is 84.9 Å². The van der Waals surface area contributed by atoms with Crippen LogP contribution >= 0.6 is 7.26 Å². The summed E-state index contributed by atoms with van der Waals surface area (Å²) in [6.45, 7) is 6.63. The van der Waals surface area contributed by atoms with Gasteiger partial charge in [-0.3, -0.25) is 5.32 Å². The number of hydrogen-bond acceptors (Lipinski definition) is 3. The molecule has 4 aromatic rings. The van der Waals surface area contributed by atoms with E-state index in [0.29, 0.717) is 6.61 Å². The highest BCUT2D eigenvalue weighted by Crippen LogP contribution is 2.59. The Balaban J connectivity index is 1.82. The van der Waals surface area contributed by atoms with Crippen molar-refractivity contribution < 1.29 is 14.3 Å². The average Bonchev–Trinajstić information content (AvgIpc) is 2.93. The first-order valence-electron chi connectivity index (χ1n) is 12.6. The maximum absolute atomic E-state index is 13.3. The van der Waals surface area contributed by atoms with Crippen molar-refractivity contribution in [3.63, 3.8) is 0 Å². The normalized spacial score (nSPS) is 12.5. The van der Waals surface area contributed by atoms with Crippen molar-refractivity contribution in [2.75, 3.05) is 6.61 Å². The first kappa shape index (κ1) is 26.6. The third-order valence-corrected chi connectivity index (χ3v) is 10.7. The summed E-state index contributed by atoms with van der Waals surface area (Å²) in [5, 5.41) is 6.75. The van der Waals surface area contributed by atoms with Gasteiger partial charge >= 0.3 is 6.09 Å². The molecule has 0 heterocycles. The van der Waals surface area contributed by atoms with Gasteiger partial charge in [-0.2, -0.15) is 0 Å². The summed E-state index contributed by atoms with van der Waals surface area (Å²) >= 11 is 0. The Hall–Kier alpha value is -3.46. The minimum atomic E-state index is -2.44. The lowest BCUT2D eigenvalue weighted by Crippen LogP contribution is -2.50. The van der Waals surface area contributed by atoms with Gasteiger partial charge in [0, 0.05) is 0 Å². The molecule has 4 aromatic carbocycles. The highest BCUT2D eigenvalue weighted by atomic mass is 31.2. The smallest absolute Gasteiger partial charge is 0.410 e. The van der Waals surface area contributed by atoms with Crippen LogP contribution in [0.3, 0.4) is 0 Å². The average molecular weight is 513 g/mol. The van der Waals surface area contributed by atoms with Crippen molar-refractivity contribution in [2.45, 2.75) is 38.8 Å². The maximum atomic E-state index is 13.3. The van der Waals surface area contributed by atoms with Crippen LogP contribution < -0.4 is 21.2 Å². The molecule has 0 aromatic heterocycles. The predicted octanol–water partition coefficient (Wildman–Crippen LogP) is 6.05. The molecule has 0 fully saturated rings. The minimum Gasteiger partial charge on any atom is -0.445 e. The van der Waals surface area contributed by atoms with Crippen molar-refractivity contribution in [3.8, 4) is 0 Å². The Bertz CT molecular complexity index is 1150. The van der Waals surface area contributed by atoms with Crippen LogP contribution in [0.25, 0.3) is 0 Å².